The first-order valence-electron chi connectivity index (χ1n) is 9.72. The topological polar surface area (TPSA) is 42.0 Å². The predicted molar refractivity (Wildman–Crippen MR) is 103 cm³/mol. The van der Waals surface area contributed by atoms with Crippen molar-refractivity contribution in [2.75, 3.05) is 52.5 Å². The summed E-state index contributed by atoms with van der Waals surface area (Å²) in [4.78, 5) is 16.6. The second kappa shape index (κ2) is 10.5. The number of amides is 1. The lowest BCUT2D eigenvalue weighted by Gasteiger charge is -2.34. The first-order chi connectivity index (χ1) is 12.8. The molecule has 5 heteroatoms. The molecule has 0 saturated carbocycles. The Kier molecular flexibility index (Phi) is 7.67. The van der Waals surface area contributed by atoms with E-state index < -0.39 is 0 Å². The highest BCUT2D eigenvalue weighted by Crippen LogP contribution is 2.13. The lowest BCUT2D eigenvalue weighted by molar-refractivity contribution is -0.139. The number of hydrogen-bond donors (Lipinski definition) is 0. The summed E-state index contributed by atoms with van der Waals surface area (Å²) in [5.74, 6) is 0.0975. The van der Waals surface area contributed by atoms with E-state index in [1.54, 1.807) is 0 Å². The molecule has 0 N–H and O–H groups in total. The molecule has 0 spiro atoms. The van der Waals surface area contributed by atoms with Crippen LogP contribution < -0.4 is 0 Å². The SMILES string of the molecule is O=C(COC[C@@H]1CCCCO1)N1CCN(C/C=C/c2ccccc2)CC1. The monoisotopic (exact) mass is 358 g/mol. The minimum Gasteiger partial charge on any atom is -0.376 e. The molecule has 2 aliphatic rings. The van der Waals surface area contributed by atoms with Gasteiger partial charge in [-0.1, -0.05) is 42.5 Å². The van der Waals surface area contributed by atoms with Crippen LogP contribution in [0.25, 0.3) is 6.08 Å². The molecule has 1 aromatic rings. The molecule has 0 bridgehead atoms. The highest BCUT2D eigenvalue weighted by Gasteiger charge is 2.21. The number of hydrogen-bond acceptors (Lipinski definition) is 4. The second-order valence-corrected chi connectivity index (χ2v) is 7.00. The van der Waals surface area contributed by atoms with Gasteiger partial charge in [0.05, 0.1) is 12.7 Å². The first kappa shape index (κ1) is 19.1. The minimum atomic E-state index is 0.0975. The van der Waals surface area contributed by atoms with Gasteiger partial charge in [0.25, 0.3) is 0 Å². The van der Waals surface area contributed by atoms with Gasteiger partial charge in [0.2, 0.25) is 5.91 Å². The van der Waals surface area contributed by atoms with Crippen molar-refractivity contribution in [3.05, 3.63) is 42.0 Å². The zero-order valence-corrected chi connectivity index (χ0v) is 15.5. The van der Waals surface area contributed by atoms with E-state index >= 15 is 0 Å². The van der Waals surface area contributed by atoms with E-state index in [9.17, 15) is 4.79 Å². The van der Waals surface area contributed by atoms with Gasteiger partial charge in [-0.3, -0.25) is 9.69 Å². The molecule has 2 heterocycles. The van der Waals surface area contributed by atoms with Gasteiger partial charge >= 0.3 is 0 Å². The van der Waals surface area contributed by atoms with Crippen molar-refractivity contribution in [3.63, 3.8) is 0 Å². The van der Waals surface area contributed by atoms with Gasteiger partial charge in [-0.05, 0) is 24.8 Å². The van der Waals surface area contributed by atoms with E-state index in [0.29, 0.717) is 6.61 Å². The number of carbonyl (C=O) groups is 1. The summed E-state index contributed by atoms with van der Waals surface area (Å²) in [5, 5.41) is 0. The molecule has 142 valence electrons. The maximum absolute atomic E-state index is 12.3. The van der Waals surface area contributed by atoms with E-state index in [0.717, 1.165) is 52.2 Å². The van der Waals surface area contributed by atoms with Gasteiger partial charge in [-0.2, -0.15) is 0 Å². The molecule has 0 unspecified atom stereocenters. The van der Waals surface area contributed by atoms with Crippen molar-refractivity contribution in [1.82, 2.24) is 9.80 Å². The minimum absolute atomic E-state index is 0.0975. The molecule has 26 heavy (non-hydrogen) atoms. The molecule has 3 rings (SSSR count). The van der Waals surface area contributed by atoms with Crippen LogP contribution in [-0.2, 0) is 14.3 Å². The first-order valence-corrected chi connectivity index (χ1v) is 9.72. The van der Waals surface area contributed by atoms with Crippen molar-refractivity contribution in [3.8, 4) is 0 Å². The molecule has 1 amide bonds. The summed E-state index contributed by atoms with van der Waals surface area (Å²) in [6.07, 6.45) is 7.90. The highest BCUT2D eigenvalue weighted by atomic mass is 16.5. The van der Waals surface area contributed by atoms with E-state index in [1.807, 2.05) is 23.1 Å². The molecule has 0 radical (unpaired) electrons. The Labute approximate surface area is 156 Å². The van der Waals surface area contributed by atoms with E-state index in [4.69, 9.17) is 9.47 Å². The average Bonchev–Trinajstić information content (AvgIpc) is 2.70. The molecule has 1 aromatic carbocycles. The Morgan fingerprint density at radius 3 is 2.69 bits per heavy atom. The van der Waals surface area contributed by atoms with Crippen LogP contribution in [0.3, 0.4) is 0 Å². The van der Waals surface area contributed by atoms with E-state index in [2.05, 4.69) is 29.2 Å². The lowest BCUT2D eigenvalue weighted by Crippen LogP contribution is -2.49. The summed E-state index contributed by atoms with van der Waals surface area (Å²) in [6, 6.07) is 10.3. The Balaban J connectivity index is 1.30. The third-order valence-corrected chi connectivity index (χ3v) is 5.00. The summed E-state index contributed by atoms with van der Waals surface area (Å²) in [7, 11) is 0. The number of ether oxygens (including phenoxy) is 2. The number of carbonyl (C=O) groups excluding carboxylic acids is 1. The quantitative estimate of drug-likeness (QED) is 0.751. The second-order valence-electron chi connectivity index (χ2n) is 7.00. The van der Waals surface area contributed by atoms with Gasteiger partial charge in [0, 0.05) is 39.3 Å². The van der Waals surface area contributed by atoms with Crippen molar-refractivity contribution in [2.45, 2.75) is 25.4 Å². The smallest absolute Gasteiger partial charge is 0.248 e. The summed E-state index contributed by atoms with van der Waals surface area (Å²) >= 11 is 0. The molecule has 2 aliphatic heterocycles. The van der Waals surface area contributed by atoms with Gasteiger partial charge in [-0.25, -0.2) is 0 Å². The molecule has 2 fully saturated rings. The summed E-state index contributed by atoms with van der Waals surface area (Å²) in [6.45, 7) is 5.84. The third kappa shape index (κ3) is 6.24. The summed E-state index contributed by atoms with van der Waals surface area (Å²) < 4.78 is 11.2. The van der Waals surface area contributed by atoms with Crippen LogP contribution in [-0.4, -0.2) is 74.4 Å². The molecule has 0 aromatic heterocycles. The Hall–Kier alpha value is -1.69. The predicted octanol–water partition coefficient (Wildman–Crippen LogP) is 2.43. The number of nitrogens with zero attached hydrogens (tertiary/aromatic N) is 2. The van der Waals surface area contributed by atoms with Gasteiger partial charge in [0.1, 0.15) is 6.61 Å². The molecule has 1 atom stereocenters. The number of piperazine rings is 1. The van der Waals surface area contributed by atoms with Gasteiger partial charge < -0.3 is 14.4 Å². The number of benzene rings is 1. The fraction of sp³-hybridized carbons (Fsp3) is 0.571. The average molecular weight is 358 g/mol. The van der Waals surface area contributed by atoms with Crippen molar-refractivity contribution >= 4 is 12.0 Å². The molecule has 5 nitrogen and oxygen atoms in total. The fourth-order valence-electron chi connectivity index (χ4n) is 3.39. The maximum atomic E-state index is 12.3. The van der Waals surface area contributed by atoms with Crippen LogP contribution >= 0.6 is 0 Å². The van der Waals surface area contributed by atoms with Crippen LogP contribution in [0.1, 0.15) is 24.8 Å². The molecular weight excluding hydrogens is 328 g/mol. The molecule has 0 aliphatic carbocycles. The van der Waals surface area contributed by atoms with Crippen LogP contribution in [0, 0.1) is 0 Å². The third-order valence-electron chi connectivity index (χ3n) is 5.00. The van der Waals surface area contributed by atoms with Crippen molar-refractivity contribution < 1.29 is 14.3 Å². The largest absolute Gasteiger partial charge is 0.376 e. The Morgan fingerprint density at radius 2 is 1.96 bits per heavy atom. The van der Waals surface area contributed by atoms with E-state index in [-0.39, 0.29) is 18.6 Å². The van der Waals surface area contributed by atoms with Crippen molar-refractivity contribution in [2.24, 2.45) is 0 Å². The van der Waals surface area contributed by atoms with Crippen LogP contribution in [0.2, 0.25) is 0 Å². The normalized spacial score (nSPS) is 22.0. The Morgan fingerprint density at radius 1 is 1.15 bits per heavy atom. The van der Waals surface area contributed by atoms with Gasteiger partial charge in [0.15, 0.2) is 0 Å². The zero-order chi connectivity index (χ0) is 18.0. The molecule has 2 saturated heterocycles. The zero-order valence-electron chi connectivity index (χ0n) is 15.5. The fourth-order valence-corrected chi connectivity index (χ4v) is 3.39. The standard InChI is InChI=1S/C21H30N2O3/c24-21(18-25-17-20-10-4-5-16-26-20)23-14-12-22(13-15-23)11-6-9-19-7-2-1-3-8-19/h1-3,6-9,20H,4-5,10-18H2/b9-6+/t20-/m0/s1. The van der Waals surface area contributed by atoms with Gasteiger partial charge in [-0.15, -0.1) is 0 Å². The van der Waals surface area contributed by atoms with Crippen LogP contribution in [0.15, 0.2) is 36.4 Å². The maximum Gasteiger partial charge on any atom is 0.248 e. The lowest BCUT2D eigenvalue weighted by atomic mass is 10.1. The van der Waals surface area contributed by atoms with Crippen LogP contribution in [0.5, 0.6) is 0 Å². The highest BCUT2D eigenvalue weighted by molar-refractivity contribution is 5.77. The van der Waals surface area contributed by atoms with E-state index in [1.165, 1.54) is 12.0 Å². The van der Waals surface area contributed by atoms with Crippen LogP contribution in [0.4, 0.5) is 0 Å². The summed E-state index contributed by atoms with van der Waals surface area (Å²) in [5.41, 5.74) is 1.22. The molecular formula is C21H30N2O3. The Bertz CT molecular complexity index is 562. The van der Waals surface area contributed by atoms with Crippen molar-refractivity contribution in [1.29, 1.82) is 0 Å². The number of rotatable bonds is 7.